The summed E-state index contributed by atoms with van der Waals surface area (Å²) in [4.78, 5) is 11.6. The molecule has 1 aromatic carbocycles. The van der Waals surface area contributed by atoms with Gasteiger partial charge in [0.05, 0.1) is 5.69 Å². The number of halogens is 1. The van der Waals surface area contributed by atoms with Crippen molar-refractivity contribution in [2.45, 2.75) is 18.8 Å². The van der Waals surface area contributed by atoms with Gasteiger partial charge in [-0.1, -0.05) is 12.1 Å². The predicted octanol–water partition coefficient (Wildman–Crippen LogP) is 1.86. The Kier molecular flexibility index (Phi) is 2.59. The summed E-state index contributed by atoms with van der Waals surface area (Å²) in [6.45, 7) is 1.92. The minimum atomic E-state index is -0.327. The standard InChI is InChI=1S/C13H15FN2O/c14-11-3-1-2-9-10(8-4-5-15-7-8)6-12(17)16-13(9)11/h1-3,8,10,15H,4-7H2,(H,16,17). The van der Waals surface area contributed by atoms with Crippen LogP contribution in [0.1, 0.15) is 24.3 Å². The van der Waals surface area contributed by atoms with Crippen LogP contribution >= 0.6 is 0 Å². The molecule has 1 amide bonds. The maximum absolute atomic E-state index is 13.7. The van der Waals surface area contributed by atoms with Gasteiger partial charge in [0.1, 0.15) is 5.82 Å². The van der Waals surface area contributed by atoms with Crippen molar-refractivity contribution in [2.24, 2.45) is 5.92 Å². The molecule has 90 valence electrons. The van der Waals surface area contributed by atoms with E-state index in [-0.39, 0.29) is 17.6 Å². The monoisotopic (exact) mass is 234 g/mol. The summed E-state index contributed by atoms with van der Waals surface area (Å²) >= 11 is 0. The second-order valence-corrected chi connectivity index (χ2v) is 4.82. The Hall–Kier alpha value is -1.42. The number of hydrogen-bond acceptors (Lipinski definition) is 2. The summed E-state index contributed by atoms with van der Waals surface area (Å²) in [5.41, 5.74) is 1.35. The highest BCUT2D eigenvalue weighted by Crippen LogP contribution is 2.40. The smallest absolute Gasteiger partial charge is 0.225 e. The number of anilines is 1. The van der Waals surface area contributed by atoms with Gasteiger partial charge in [0.15, 0.2) is 0 Å². The molecule has 1 aromatic rings. The maximum Gasteiger partial charge on any atom is 0.225 e. The molecule has 0 aromatic heterocycles. The number of benzene rings is 1. The molecule has 4 heteroatoms. The highest BCUT2D eigenvalue weighted by Gasteiger charge is 2.33. The number of amides is 1. The van der Waals surface area contributed by atoms with E-state index in [1.54, 1.807) is 6.07 Å². The molecule has 0 spiro atoms. The fraction of sp³-hybridized carbons (Fsp3) is 0.462. The van der Waals surface area contributed by atoms with Gasteiger partial charge in [-0.05, 0) is 43.0 Å². The number of rotatable bonds is 1. The van der Waals surface area contributed by atoms with Crippen LogP contribution in [0.2, 0.25) is 0 Å². The van der Waals surface area contributed by atoms with Gasteiger partial charge in [-0.2, -0.15) is 0 Å². The number of hydrogen-bond donors (Lipinski definition) is 2. The molecule has 1 fully saturated rings. The number of carbonyl (C=O) groups is 1. The average Bonchev–Trinajstić information content (AvgIpc) is 2.83. The molecule has 3 rings (SSSR count). The molecule has 2 aliphatic rings. The summed E-state index contributed by atoms with van der Waals surface area (Å²) in [5, 5.41) is 5.95. The third kappa shape index (κ3) is 1.82. The molecule has 0 aliphatic carbocycles. The molecule has 2 aliphatic heterocycles. The average molecular weight is 234 g/mol. The number of carbonyl (C=O) groups excluding carboxylic acids is 1. The largest absolute Gasteiger partial charge is 0.323 e. The Morgan fingerprint density at radius 2 is 2.24 bits per heavy atom. The predicted molar refractivity (Wildman–Crippen MR) is 63.4 cm³/mol. The van der Waals surface area contributed by atoms with E-state index in [0.717, 1.165) is 25.1 Å². The first-order valence-electron chi connectivity index (χ1n) is 6.04. The van der Waals surface area contributed by atoms with Gasteiger partial charge < -0.3 is 10.6 Å². The van der Waals surface area contributed by atoms with Crippen LogP contribution in [-0.4, -0.2) is 19.0 Å². The number of para-hydroxylation sites is 1. The van der Waals surface area contributed by atoms with Crippen LogP contribution < -0.4 is 10.6 Å². The van der Waals surface area contributed by atoms with Crippen LogP contribution in [-0.2, 0) is 4.79 Å². The molecule has 0 bridgehead atoms. The van der Waals surface area contributed by atoms with Crippen molar-refractivity contribution < 1.29 is 9.18 Å². The zero-order valence-corrected chi connectivity index (χ0v) is 9.50. The lowest BCUT2D eigenvalue weighted by Gasteiger charge is -2.29. The Bertz CT molecular complexity index is 455. The van der Waals surface area contributed by atoms with E-state index >= 15 is 0 Å². The van der Waals surface area contributed by atoms with Crippen molar-refractivity contribution in [1.29, 1.82) is 0 Å². The molecule has 17 heavy (non-hydrogen) atoms. The quantitative estimate of drug-likeness (QED) is 0.778. The molecule has 2 heterocycles. The fourth-order valence-corrected chi connectivity index (χ4v) is 2.92. The molecule has 0 saturated carbocycles. The zero-order chi connectivity index (χ0) is 11.8. The summed E-state index contributed by atoms with van der Waals surface area (Å²) in [7, 11) is 0. The Labute approximate surface area is 99.4 Å². The van der Waals surface area contributed by atoms with Gasteiger partial charge in [-0.25, -0.2) is 4.39 Å². The second kappa shape index (κ2) is 4.11. The third-order valence-corrected chi connectivity index (χ3v) is 3.78. The van der Waals surface area contributed by atoms with Crippen molar-refractivity contribution in [1.82, 2.24) is 5.32 Å². The first-order chi connectivity index (χ1) is 8.25. The molecule has 0 radical (unpaired) electrons. The van der Waals surface area contributed by atoms with E-state index in [0.29, 0.717) is 18.0 Å². The lowest BCUT2D eigenvalue weighted by atomic mass is 9.80. The van der Waals surface area contributed by atoms with E-state index in [2.05, 4.69) is 10.6 Å². The number of fused-ring (bicyclic) bond motifs is 1. The van der Waals surface area contributed by atoms with Crippen LogP contribution in [0.15, 0.2) is 18.2 Å². The molecule has 2 unspecified atom stereocenters. The van der Waals surface area contributed by atoms with E-state index < -0.39 is 0 Å². The Morgan fingerprint density at radius 1 is 1.35 bits per heavy atom. The van der Waals surface area contributed by atoms with Gasteiger partial charge in [-0.3, -0.25) is 4.79 Å². The van der Waals surface area contributed by atoms with E-state index in [1.807, 2.05) is 6.07 Å². The molecule has 2 N–H and O–H groups in total. The van der Waals surface area contributed by atoms with Crippen molar-refractivity contribution in [2.75, 3.05) is 18.4 Å². The van der Waals surface area contributed by atoms with Gasteiger partial charge in [0, 0.05) is 6.42 Å². The van der Waals surface area contributed by atoms with E-state index in [1.165, 1.54) is 6.07 Å². The summed E-state index contributed by atoms with van der Waals surface area (Å²) in [6.07, 6.45) is 1.54. The van der Waals surface area contributed by atoms with Crippen molar-refractivity contribution >= 4 is 11.6 Å². The SMILES string of the molecule is O=C1CC(C2CCNC2)c2cccc(F)c2N1. The normalized spacial score (nSPS) is 27.7. The van der Waals surface area contributed by atoms with Gasteiger partial charge in [-0.15, -0.1) is 0 Å². The van der Waals surface area contributed by atoms with Crippen LogP contribution in [0.5, 0.6) is 0 Å². The number of nitrogens with one attached hydrogen (secondary N) is 2. The second-order valence-electron chi connectivity index (χ2n) is 4.82. The highest BCUT2D eigenvalue weighted by atomic mass is 19.1. The Balaban J connectivity index is 2.01. The van der Waals surface area contributed by atoms with Gasteiger partial charge >= 0.3 is 0 Å². The van der Waals surface area contributed by atoms with Crippen LogP contribution in [0, 0.1) is 11.7 Å². The van der Waals surface area contributed by atoms with Crippen molar-refractivity contribution in [3.8, 4) is 0 Å². The minimum Gasteiger partial charge on any atom is -0.323 e. The molecule has 2 atom stereocenters. The lowest BCUT2D eigenvalue weighted by Crippen LogP contribution is -2.28. The van der Waals surface area contributed by atoms with Crippen LogP contribution in [0.4, 0.5) is 10.1 Å². The summed E-state index contributed by atoms with van der Waals surface area (Å²) in [5.74, 6) is 0.206. The fourth-order valence-electron chi connectivity index (χ4n) is 2.92. The topological polar surface area (TPSA) is 41.1 Å². The van der Waals surface area contributed by atoms with Crippen LogP contribution in [0.25, 0.3) is 0 Å². The first-order valence-corrected chi connectivity index (χ1v) is 6.04. The Morgan fingerprint density at radius 3 is 3.00 bits per heavy atom. The minimum absolute atomic E-state index is 0.0699. The van der Waals surface area contributed by atoms with Gasteiger partial charge in [0.2, 0.25) is 5.91 Å². The molecule has 3 nitrogen and oxygen atoms in total. The molecular weight excluding hydrogens is 219 g/mol. The molecule has 1 saturated heterocycles. The van der Waals surface area contributed by atoms with E-state index in [4.69, 9.17) is 0 Å². The summed E-state index contributed by atoms with van der Waals surface area (Å²) in [6, 6.07) is 5.05. The van der Waals surface area contributed by atoms with E-state index in [9.17, 15) is 9.18 Å². The highest BCUT2D eigenvalue weighted by molar-refractivity contribution is 5.94. The van der Waals surface area contributed by atoms with Crippen LogP contribution in [0.3, 0.4) is 0 Å². The zero-order valence-electron chi connectivity index (χ0n) is 9.50. The lowest BCUT2D eigenvalue weighted by molar-refractivity contribution is -0.117. The van der Waals surface area contributed by atoms with Gasteiger partial charge in [0.25, 0.3) is 0 Å². The van der Waals surface area contributed by atoms with Crippen molar-refractivity contribution in [3.05, 3.63) is 29.6 Å². The third-order valence-electron chi connectivity index (χ3n) is 3.78. The maximum atomic E-state index is 13.7. The summed E-state index contributed by atoms with van der Waals surface area (Å²) < 4.78 is 13.7. The molecular formula is C13H15FN2O. The van der Waals surface area contributed by atoms with Crippen molar-refractivity contribution in [3.63, 3.8) is 0 Å². The first kappa shape index (κ1) is 10.7.